The Labute approximate surface area is 162 Å². The number of hydrogen-bond acceptors (Lipinski definition) is 6. The van der Waals surface area contributed by atoms with E-state index >= 15 is 0 Å². The van der Waals surface area contributed by atoms with Gasteiger partial charge in [0, 0.05) is 5.92 Å². The molecule has 1 heterocycles. The van der Waals surface area contributed by atoms with Crippen LogP contribution in [0, 0.1) is 11.8 Å². The molecule has 0 aromatic heterocycles. The van der Waals surface area contributed by atoms with Gasteiger partial charge in [0.15, 0.2) is 0 Å². The lowest BCUT2D eigenvalue weighted by Crippen LogP contribution is -2.26. The Kier molecular flexibility index (Phi) is 5.07. The van der Waals surface area contributed by atoms with Crippen molar-refractivity contribution in [2.45, 2.75) is 36.0 Å². The normalized spacial score (nSPS) is 23.9. The number of aldehydes is 1. The van der Waals surface area contributed by atoms with E-state index in [4.69, 9.17) is 4.74 Å². The predicted octanol–water partition coefficient (Wildman–Crippen LogP) is 4.52. The molecule has 1 fully saturated rings. The zero-order valence-electron chi connectivity index (χ0n) is 14.8. The molecule has 140 valence electrons. The fourth-order valence-corrected chi connectivity index (χ4v) is 4.84. The summed E-state index contributed by atoms with van der Waals surface area (Å²) in [5, 5.41) is 13.5. The minimum absolute atomic E-state index is 0.0463. The molecular formula is C21H21NO4S. The summed E-state index contributed by atoms with van der Waals surface area (Å²) >= 11 is 1.53. The van der Waals surface area contributed by atoms with E-state index in [0.717, 1.165) is 29.6 Å². The Morgan fingerprint density at radius 2 is 1.85 bits per heavy atom. The highest BCUT2D eigenvalue weighted by Crippen LogP contribution is 2.54. The van der Waals surface area contributed by atoms with E-state index < -0.39 is 0 Å². The Hall–Kier alpha value is -2.47. The smallest absolute Gasteiger partial charge is 0.314 e. The Balaban J connectivity index is 1.50. The van der Waals surface area contributed by atoms with Gasteiger partial charge in [0.05, 0.1) is 16.5 Å². The first-order chi connectivity index (χ1) is 13.2. The summed E-state index contributed by atoms with van der Waals surface area (Å²) in [6.07, 6.45) is 3.83. The van der Waals surface area contributed by atoms with Gasteiger partial charge >= 0.3 is 5.97 Å². The highest BCUT2D eigenvalue weighted by molar-refractivity contribution is 8.00. The van der Waals surface area contributed by atoms with Crippen LogP contribution in [0.2, 0.25) is 0 Å². The van der Waals surface area contributed by atoms with Crippen LogP contribution in [0.3, 0.4) is 0 Å². The number of ether oxygens (including phenoxy) is 1. The molecule has 0 amide bonds. The minimum atomic E-state index is -0.254. The third-order valence-electron chi connectivity index (χ3n) is 5.22. The Bertz CT molecular complexity index is 847. The van der Waals surface area contributed by atoms with E-state index in [1.54, 1.807) is 12.1 Å². The number of aromatic hydroxyl groups is 1. The summed E-state index contributed by atoms with van der Waals surface area (Å²) in [7, 11) is 0. The van der Waals surface area contributed by atoms with Crippen molar-refractivity contribution in [2.75, 3.05) is 5.32 Å². The van der Waals surface area contributed by atoms with E-state index in [2.05, 4.69) is 5.32 Å². The second kappa shape index (κ2) is 7.64. The molecule has 2 aromatic carbocycles. The second-order valence-corrected chi connectivity index (χ2v) is 8.12. The van der Waals surface area contributed by atoms with Crippen molar-refractivity contribution in [3.05, 3.63) is 48.0 Å². The van der Waals surface area contributed by atoms with Gasteiger partial charge in [-0.25, -0.2) is 0 Å². The third-order valence-corrected chi connectivity index (χ3v) is 6.49. The molecule has 4 rings (SSSR count). The number of hydrogen-bond donors (Lipinski definition) is 2. The largest absolute Gasteiger partial charge is 0.506 e. The van der Waals surface area contributed by atoms with Gasteiger partial charge in [-0.3, -0.25) is 4.79 Å². The summed E-state index contributed by atoms with van der Waals surface area (Å²) in [5.74, 6) is 0.257. The molecule has 2 aromatic rings. The van der Waals surface area contributed by atoms with Crippen molar-refractivity contribution < 1.29 is 19.4 Å². The van der Waals surface area contributed by atoms with Gasteiger partial charge in [-0.15, -0.1) is 0 Å². The van der Waals surface area contributed by atoms with Gasteiger partial charge in [0.1, 0.15) is 23.2 Å². The van der Waals surface area contributed by atoms with E-state index in [9.17, 15) is 14.7 Å². The number of esters is 1. The quantitative estimate of drug-likeness (QED) is 0.350. The predicted molar refractivity (Wildman–Crippen MR) is 104 cm³/mol. The third kappa shape index (κ3) is 3.67. The first-order valence-corrected chi connectivity index (χ1v) is 10.0. The van der Waals surface area contributed by atoms with Crippen LogP contribution in [-0.2, 0) is 9.59 Å². The topological polar surface area (TPSA) is 75.6 Å². The van der Waals surface area contributed by atoms with Crippen molar-refractivity contribution >= 4 is 29.7 Å². The second-order valence-electron chi connectivity index (χ2n) is 7.01. The highest BCUT2D eigenvalue weighted by atomic mass is 32.2. The zero-order chi connectivity index (χ0) is 18.8. The average Bonchev–Trinajstić information content (AvgIpc) is 3.17. The van der Waals surface area contributed by atoms with Gasteiger partial charge in [0.2, 0.25) is 0 Å². The first kappa shape index (κ1) is 17.9. The van der Waals surface area contributed by atoms with Crippen LogP contribution in [0.15, 0.2) is 47.4 Å². The standard InChI is InChI=1S/C21H21NO4S/c23-12-13-6-8-15(9-7-13)21(25)26-17-11-10-16(24)18-19(17)27-20(22-18)14-4-2-1-3-5-14/h1-5,10-13,15,20,22,24H,6-9H2. The fraction of sp³-hybridized carbons (Fsp3) is 0.333. The van der Waals surface area contributed by atoms with Crippen molar-refractivity contribution in [1.82, 2.24) is 0 Å². The zero-order valence-corrected chi connectivity index (χ0v) is 15.6. The minimum Gasteiger partial charge on any atom is -0.506 e. The number of phenolic OH excluding ortho intramolecular Hbond substituents is 1. The molecule has 0 bridgehead atoms. The summed E-state index contributed by atoms with van der Waals surface area (Å²) in [6.45, 7) is 0. The van der Waals surface area contributed by atoms with Gasteiger partial charge in [-0.05, 0) is 43.4 Å². The van der Waals surface area contributed by atoms with Gasteiger partial charge in [-0.1, -0.05) is 42.1 Å². The maximum absolute atomic E-state index is 12.6. The number of nitrogens with one attached hydrogen (secondary N) is 1. The monoisotopic (exact) mass is 383 g/mol. The molecule has 1 atom stereocenters. The van der Waals surface area contributed by atoms with Crippen molar-refractivity contribution in [2.24, 2.45) is 11.8 Å². The van der Waals surface area contributed by atoms with Gasteiger partial charge < -0.3 is 20.0 Å². The lowest BCUT2D eigenvalue weighted by molar-refractivity contribution is -0.140. The van der Waals surface area contributed by atoms with Crippen LogP contribution < -0.4 is 10.1 Å². The van der Waals surface area contributed by atoms with Crippen LogP contribution in [0.1, 0.15) is 36.6 Å². The summed E-state index contributed by atoms with van der Waals surface area (Å²) < 4.78 is 5.71. The molecule has 1 aliphatic carbocycles. The van der Waals surface area contributed by atoms with E-state index in [-0.39, 0.29) is 28.9 Å². The maximum Gasteiger partial charge on any atom is 0.314 e. The molecule has 0 spiro atoms. The Morgan fingerprint density at radius 3 is 2.56 bits per heavy atom. The van der Waals surface area contributed by atoms with E-state index in [1.165, 1.54) is 11.8 Å². The first-order valence-electron chi connectivity index (χ1n) is 9.17. The lowest BCUT2D eigenvalue weighted by atomic mass is 9.83. The van der Waals surface area contributed by atoms with Crippen LogP contribution >= 0.6 is 11.8 Å². The lowest BCUT2D eigenvalue weighted by Gasteiger charge is -2.24. The van der Waals surface area contributed by atoms with Crippen LogP contribution in [0.25, 0.3) is 0 Å². The molecule has 1 unspecified atom stereocenters. The van der Waals surface area contributed by atoms with E-state index in [1.807, 2.05) is 30.3 Å². The molecule has 2 N–H and O–H groups in total. The number of carbonyl (C=O) groups excluding carboxylic acids is 2. The number of benzene rings is 2. The van der Waals surface area contributed by atoms with Gasteiger partial charge in [0.25, 0.3) is 0 Å². The summed E-state index contributed by atoms with van der Waals surface area (Å²) in [4.78, 5) is 24.2. The number of carbonyl (C=O) groups is 2. The fourth-order valence-electron chi connectivity index (χ4n) is 3.63. The number of phenols is 1. The number of fused-ring (bicyclic) bond motifs is 1. The van der Waals surface area contributed by atoms with Crippen molar-refractivity contribution in [3.63, 3.8) is 0 Å². The Morgan fingerprint density at radius 1 is 1.11 bits per heavy atom. The molecular weight excluding hydrogens is 362 g/mol. The summed E-state index contributed by atoms with van der Waals surface area (Å²) in [6, 6.07) is 13.1. The SMILES string of the molecule is O=CC1CCC(C(=O)Oc2ccc(O)c3c2SC(c2ccccc2)N3)CC1. The molecule has 0 saturated heterocycles. The highest BCUT2D eigenvalue weighted by Gasteiger charge is 2.32. The summed E-state index contributed by atoms with van der Waals surface area (Å²) in [5.41, 5.74) is 1.69. The van der Waals surface area contributed by atoms with Crippen LogP contribution in [0.4, 0.5) is 5.69 Å². The molecule has 2 aliphatic rings. The molecule has 0 radical (unpaired) electrons. The van der Waals surface area contributed by atoms with Crippen LogP contribution in [0.5, 0.6) is 11.5 Å². The van der Waals surface area contributed by atoms with Crippen LogP contribution in [-0.4, -0.2) is 17.4 Å². The number of rotatable bonds is 4. The molecule has 1 aliphatic heterocycles. The maximum atomic E-state index is 12.6. The molecule has 27 heavy (non-hydrogen) atoms. The van der Waals surface area contributed by atoms with E-state index in [0.29, 0.717) is 24.3 Å². The average molecular weight is 383 g/mol. The number of thioether (sulfide) groups is 1. The van der Waals surface area contributed by atoms with Gasteiger partial charge in [-0.2, -0.15) is 0 Å². The number of anilines is 1. The van der Waals surface area contributed by atoms with Crippen molar-refractivity contribution in [3.8, 4) is 11.5 Å². The molecule has 5 nitrogen and oxygen atoms in total. The van der Waals surface area contributed by atoms with Crippen molar-refractivity contribution in [1.29, 1.82) is 0 Å². The molecule has 6 heteroatoms. The molecule has 1 saturated carbocycles.